The number of carbonyl (C=O) groups excluding carboxylic acids is 1. The molecular formula is C13H14N2O2S. The third-order valence-corrected chi connectivity index (χ3v) is 3.47. The van der Waals surface area contributed by atoms with Crippen LogP contribution in [0.3, 0.4) is 0 Å². The Hall–Kier alpha value is -1.88. The van der Waals surface area contributed by atoms with E-state index in [1.165, 1.54) is 7.11 Å². The molecule has 1 amide bonds. The standard InChI is InChI=1S/C13H14N2O2S/c1-9-8-18-12(15-9)11-6-4-3-5-10(11)7-14-13(16)17-2/h3-6,8H,7H2,1-2H3,(H,14,16). The van der Waals surface area contributed by atoms with Gasteiger partial charge in [-0.3, -0.25) is 0 Å². The van der Waals surface area contributed by atoms with Crippen molar-refractivity contribution in [3.05, 3.63) is 40.9 Å². The molecule has 0 radical (unpaired) electrons. The zero-order valence-corrected chi connectivity index (χ0v) is 11.1. The van der Waals surface area contributed by atoms with E-state index in [9.17, 15) is 4.79 Å². The lowest BCUT2D eigenvalue weighted by molar-refractivity contribution is 0.170. The molecular weight excluding hydrogens is 248 g/mol. The molecule has 0 saturated carbocycles. The van der Waals surface area contributed by atoms with Crippen molar-refractivity contribution in [1.82, 2.24) is 10.3 Å². The summed E-state index contributed by atoms with van der Waals surface area (Å²) >= 11 is 1.60. The van der Waals surface area contributed by atoms with Crippen molar-refractivity contribution in [3.8, 4) is 10.6 Å². The van der Waals surface area contributed by atoms with Crippen LogP contribution in [0, 0.1) is 6.92 Å². The first-order chi connectivity index (χ1) is 8.70. The molecule has 1 heterocycles. The largest absolute Gasteiger partial charge is 0.453 e. The minimum atomic E-state index is -0.430. The topological polar surface area (TPSA) is 51.2 Å². The Kier molecular flexibility index (Phi) is 3.94. The van der Waals surface area contributed by atoms with Gasteiger partial charge in [0.25, 0.3) is 0 Å². The Morgan fingerprint density at radius 3 is 2.89 bits per heavy atom. The number of methoxy groups -OCH3 is 1. The third-order valence-electron chi connectivity index (χ3n) is 2.48. The monoisotopic (exact) mass is 262 g/mol. The van der Waals surface area contributed by atoms with E-state index in [0.717, 1.165) is 21.8 Å². The Morgan fingerprint density at radius 1 is 1.44 bits per heavy atom. The molecule has 0 spiro atoms. The van der Waals surface area contributed by atoms with Crippen LogP contribution in [0.2, 0.25) is 0 Å². The van der Waals surface area contributed by atoms with Gasteiger partial charge in [0.1, 0.15) is 5.01 Å². The fourth-order valence-electron chi connectivity index (χ4n) is 1.60. The molecule has 0 aliphatic rings. The molecule has 0 unspecified atom stereocenters. The van der Waals surface area contributed by atoms with E-state index in [2.05, 4.69) is 15.0 Å². The summed E-state index contributed by atoms with van der Waals surface area (Å²) in [5.41, 5.74) is 3.08. The minimum absolute atomic E-state index is 0.430. The zero-order chi connectivity index (χ0) is 13.0. The summed E-state index contributed by atoms with van der Waals surface area (Å²) in [7, 11) is 1.35. The van der Waals surface area contributed by atoms with Crippen LogP contribution in [-0.2, 0) is 11.3 Å². The molecule has 5 heteroatoms. The number of aryl methyl sites for hydroxylation is 1. The molecule has 94 valence electrons. The van der Waals surface area contributed by atoms with E-state index >= 15 is 0 Å². The first kappa shape index (κ1) is 12.6. The van der Waals surface area contributed by atoms with Crippen molar-refractivity contribution < 1.29 is 9.53 Å². The Labute approximate surface area is 110 Å². The van der Waals surface area contributed by atoms with Gasteiger partial charge in [0.2, 0.25) is 0 Å². The average Bonchev–Trinajstić information content (AvgIpc) is 2.83. The summed E-state index contributed by atoms with van der Waals surface area (Å²) in [6.45, 7) is 2.40. The fourth-order valence-corrected chi connectivity index (χ4v) is 2.46. The second-order valence-electron chi connectivity index (χ2n) is 3.80. The number of thiazole rings is 1. The van der Waals surface area contributed by atoms with Gasteiger partial charge in [0.15, 0.2) is 0 Å². The summed E-state index contributed by atoms with van der Waals surface area (Å²) in [6.07, 6.45) is -0.430. The van der Waals surface area contributed by atoms with Crippen molar-refractivity contribution in [1.29, 1.82) is 0 Å². The number of ether oxygens (including phenoxy) is 1. The zero-order valence-electron chi connectivity index (χ0n) is 10.3. The van der Waals surface area contributed by atoms with Crippen LogP contribution in [0.1, 0.15) is 11.3 Å². The number of nitrogens with zero attached hydrogens (tertiary/aromatic N) is 1. The number of benzene rings is 1. The van der Waals surface area contributed by atoms with E-state index in [-0.39, 0.29) is 0 Å². The van der Waals surface area contributed by atoms with Gasteiger partial charge >= 0.3 is 6.09 Å². The maximum Gasteiger partial charge on any atom is 0.407 e. The normalized spacial score (nSPS) is 10.1. The highest BCUT2D eigenvalue weighted by atomic mass is 32.1. The number of hydrogen-bond donors (Lipinski definition) is 1. The van der Waals surface area contributed by atoms with Gasteiger partial charge in [-0.25, -0.2) is 9.78 Å². The van der Waals surface area contributed by atoms with Gasteiger partial charge in [-0.15, -0.1) is 11.3 Å². The lowest BCUT2D eigenvalue weighted by Crippen LogP contribution is -2.22. The number of hydrogen-bond acceptors (Lipinski definition) is 4. The number of carbonyl (C=O) groups is 1. The van der Waals surface area contributed by atoms with Crippen molar-refractivity contribution >= 4 is 17.4 Å². The molecule has 0 fully saturated rings. The Bertz CT molecular complexity index is 551. The van der Waals surface area contributed by atoms with E-state index in [4.69, 9.17) is 0 Å². The van der Waals surface area contributed by atoms with Crippen LogP contribution in [0.5, 0.6) is 0 Å². The molecule has 18 heavy (non-hydrogen) atoms. The van der Waals surface area contributed by atoms with Gasteiger partial charge in [-0.1, -0.05) is 24.3 Å². The van der Waals surface area contributed by atoms with E-state index in [0.29, 0.717) is 6.54 Å². The second kappa shape index (κ2) is 5.64. The highest BCUT2D eigenvalue weighted by molar-refractivity contribution is 7.13. The molecule has 4 nitrogen and oxygen atoms in total. The molecule has 2 rings (SSSR count). The number of alkyl carbamates (subject to hydrolysis) is 1. The minimum Gasteiger partial charge on any atom is -0.453 e. The van der Waals surface area contributed by atoms with Crippen LogP contribution in [0.4, 0.5) is 4.79 Å². The SMILES string of the molecule is COC(=O)NCc1ccccc1-c1nc(C)cs1. The average molecular weight is 262 g/mol. The summed E-state index contributed by atoms with van der Waals surface area (Å²) in [5, 5.41) is 5.66. The van der Waals surface area contributed by atoms with E-state index in [1.54, 1.807) is 11.3 Å². The molecule has 2 aromatic rings. The maximum absolute atomic E-state index is 11.1. The van der Waals surface area contributed by atoms with Gasteiger partial charge in [-0.05, 0) is 12.5 Å². The molecule has 0 aliphatic carbocycles. The predicted octanol–water partition coefficient (Wildman–Crippen LogP) is 2.97. The van der Waals surface area contributed by atoms with Crippen molar-refractivity contribution in [2.24, 2.45) is 0 Å². The van der Waals surface area contributed by atoms with Gasteiger partial charge < -0.3 is 10.1 Å². The van der Waals surface area contributed by atoms with Crippen LogP contribution in [0.25, 0.3) is 10.6 Å². The van der Waals surface area contributed by atoms with Crippen LogP contribution >= 0.6 is 11.3 Å². The lowest BCUT2D eigenvalue weighted by atomic mass is 10.1. The van der Waals surface area contributed by atoms with Crippen LogP contribution in [0.15, 0.2) is 29.6 Å². The quantitative estimate of drug-likeness (QED) is 0.925. The maximum atomic E-state index is 11.1. The molecule has 0 saturated heterocycles. The van der Waals surface area contributed by atoms with Gasteiger partial charge in [0.05, 0.1) is 7.11 Å². The molecule has 0 aliphatic heterocycles. The lowest BCUT2D eigenvalue weighted by Gasteiger charge is -2.08. The van der Waals surface area contributed by atoms with Gasteiger partial charge in [-0.2, -0.15) is 0 Å². The van der Waals surface area contributed by atoms with Crippen molar-refractivity contribution in [2.45, 2.75) is 13.5 Å². The van der Waals surface area contributed by atoms with Crippen LogP contribution < -0.4 is 5.32 Å². The van der Waals surface area contributed by atoms with Crippen molar-refractivity contribution in [3.63, 3.8) is 0 Å². The summed E-state index contributed by atoms with van der Waals surface area (Å²) < 4.78 is 4.56. The summed E-state index contributed by atoms with van der Waals surface area (Å²) in [4.78, 5) is 15.6. The van der Waals surface area contributed by atoms with Crippen LogP contribution in [-0.4, -0.2) is 18.2 Å². The third kappa shape index (κ3) is 2.87. The molecule has 1 N–H and O–H groups in total. The van der Waals surface area contributed by atoms with E-state index < -0.39 is 6.09 Å². The first-order valence-electron chi connectivity index (χ1n) is 5.53. The highest BCUT2D eigenvalue weighted by Gasteiger charge is 2.09. The highest BCUT2D eigenvalue weighted by Crippen LogP contribution is 2.26. The number of rotatable bonds is 3. The summed E-state index contributed by atoms with van der Waals surface area (Å²) in [5.74, 6) is 0. The Balaban J connectivity index is 2.23. The summed E-state index contributed by atoms with van der Waals surface area (Å²) in [6, 6.07) is 7.89. The van der Waals surface area contributed by atoms with Gasteiger partial charge in [0, 0.05) is 23.2 Å². The first-order valence-corrected chi connectivity index (χ1v) is 6.41. The predicted molar refractivity (Wildman–Crippen MR) is 71.5 cm³/mol. The number of amides is 1. The number of nitrogens with one attached hydrogen (secondary N) is 1. The Morgan fingerprint density at radius 2 is 2.22 bits per heavy atom. The molecule has 0 bridgehead atoms. The fraction of sp³-hybridized carbons (Fsp3) is 0.231. The second-order valence-corrected chi connectivity index (χ2v) is 4.65. The van der Waals surface area contributed by atoms with E-state index in [1.807, 2.05) is 36.6 Å². The smallest absolute Gasteiger partial charge is 0.407 e. The molecule has 1 aromatic carbocycles. The molecule has 0 atom stereocenters. The van der Waals surface area contributed by atoms with Crippen molar-refractivity contribution in [2.75, 3.05) is 7.11 Å². The molecule has 1 aromatic heterocycles. The number of aromatic nitrogens is 1.